The van der Waals surface area contributed by atoms with E-state index in [0.717, 1.165) is 5.56 Å². The minimum absolute atomic E-state index is 0.0189. The molecular formula is C28H26ClNO6. The standard InChI is InChI=1S/C28H26ClNO6/c1-15(2)19-12-16(10-11-21(19)35-3)25(31)23-24(17-13-20(29)26(32)22(14-17)36-4)30(28(34)27(23)33)18-8-6-5-7-9-18/h5-15,24,31-32H,1-4H3/b25-23+. The minimum atomic E-state index is -1.02. The molecule has 0 aromatic heterocycles. The molecule has 1 atom stereocenters. The molecule has 36 heavy (non-hydrogen) atoms. The second-order valence-electron chi connectivity index (χ2n) is 8.67. The molecule has 1 saturated heterocycles. The molecule has 7 nitrogen and oxygen atoms in total. The van der Waals surface area contributed by atoms with E-state index >= 15 is 0 Å². The summed E-state index contributed by atoms with van der Waals surface area (Å²) in [5.41, 5.74) is 1.95. The number of rotatable bonds is 6. The van der Waals surface area contributed by atoms with Gasteiger partial charge in [-0.05, 0) is 59.5 Å². The van der Waals surface area contributed by atoms with Gasteiger partial charge in [-0.15, -0.1) is 0 Å². The minimum Gasteiger partial charge on any atom is -0.507 e. The molecular weight excluding hydrogens is 482 g/mol. The summed E-state index contributed by atoms with van der Waals surface area (Å²) in [4.78, 5) is 28.0. The molecule has 1 aliphatic heterocycles. The van der Waals surface area contributed by atoms with Crippen molar-refractivity contribution in [1.29, 1.82) is 0 Å². The number of Topliss-reactive ketones (excluding diaryl/α,β-unsaturated/α-hetero) is 1. The SMILES string of the molecule is COc1ccc(/C(O)=C2\C(=O)C(=O)N(c3ccccc3)C2c2cc(Cl)c(O)c(OC)c2)cc1C(C)C. The Morgan fingerprint density at radius 3 is 2.25 bits per heavy atom. The number of hydrogen-bond donors (Lipinski definition) is 2. The Bertz CT molecular complexity index is 1370. The highest BCUT2D eigenvalue weighted by atomic mass is 35.5. The molecule has 1 heterocycles. The van der Waals surface area contributed by atoms with Crippen molar-refractivity contribution in [1.82, 2.24) is 0 Å². The van der Waals surface area contributed by atoms with Crippen LogP contribution in [0.3, 0.4) is 0 Å². The normalized spacial score (nSPS) is 17.1. The Hall–Kier alpha value is -3.97. The zero-order chi connectivity index (χ0) is 26.1. The van der Waals surface area contributed by atoms with E-state index in [0.29, 0.717) is 22.6 Å². The maximum atomic E-state index is 13.4. The Balaban J connectivity index is 2.00. The zero-order valence-corrected chi connectivity index (χ0v) is 21.0. The lowest BCUT2D eigenvalue weighted by atomic mass is 9.93. The number of phenols is 1. The lowest BCUT2D eigenvalue weighted by Gasteiger charge is -2.26. The number of benzene rings is 3. The van der Waals surface area contributed by atoms with Crippen LogP contribution in [-0.4, -0.2) is 36.1 Å². The monoisotopic (exact) mass is 507 g/mol. The Labute approximate surface area is 214 Å². The second-order valence-corrected chi connectivity index (χ2v) is 9.08. The largest absolute Gasteiger partial charge is 0.507 e. The number of aromatic hydroxyl groups is 1. The highest BCUT2D eigenvalue weighted by Crippen LogP contribution is 2.46. The third kappa shape index (κ3) is 4.27. The van der Waals surface area contributed by atoms with Gasteiger partial charge < -0.3 is 19.7 Å². The van der Waals surface area contributed by atoms with Crippen molar-refractivity contribution in [3.63, 3.8) is 0 Å². The number of halogens is 1. The van der Waals surface area contributed by atoms with E-state index in [9.17, 15) is 19.8 Å². The number of ketones is 1. The molecule has 186 valence electrons. The molecule has 8 heteroatoms. The first-order valence-corrected chi connectivity index (χ1v) is 11.7. The second kappa shape index (κ2) is 9.95. The number of phenolic OH excluding ortho intramolecular Hbond substituents is 1. The average Bonchev–Trinajstić information content (AvgIpc) is 3.15. The lowest BCUT2D eigenvalue weighted by molar-refractivity contribution is -0.132. The van der Waals surface area contributed by atoms with Crippen LogP contribution in [0.15, 0.2) is 66.2 Å². The summed E-state index contributed by atoms with van der Waals surface area (Å²) in [5, 5.41) is 21.7. The van der Waals surface area contributed by atoms with Crippen molar-refractivity contribution in [3.8, 4) is 17.2 Å². The molecule has 2 N–H and O–H groups in total. The molecule has 0 radical (unpaired) electrons. The quantitative estimate of drug-likeness (QED) is 0.248. The highest BCUT2D eigenvalue weighted by Gasteiger charge is 2.47. The first kappa shape index (κ1) is 25.1. The molecule has 0 spiro atoms. The molecule has 1 fully saturated rings. The van der Waals surface area contributed by atoms with Gasteiger partial charge in [0.1, 0.15) is 11.5 Å². The third-order valence-electron chi connectivity index (χ3n) is 6.19. The molecule has 0 aliphatic carbocycles. The number of anilines is 1. The lowest BCUT2D eigenvalue weighted by Crippen LogP contribution is -2.29. The Morgan fingerprint density at radius 1 is 0.972 bits per heavy atom. The van der Waals surface area contributed by atoms with Crippen molar-refractivity contribution in [3.05, 3.63) is 87.9 Å². The van der Waals surface area contributed by atoms with Crippen molar-refractivity contribution < 1.29 is 29.3 Å². The van der Waals surface area contributed by atoms with E-state index in [1.807, 2.05) is 13.8 Å². The van der Waals surface area contributed by atoms with E-state index in [1.165, 1.54) is 24.1 Å². The third-order valence-corrected chi connectivity index (χ3v) is 6.48. The highest BCUT2D eigenvalue weighted by molar-refractivity contribution is 6.51. The van der Waals surface area contributed by atoms with Crippen molar-refractivity contribution >= 4 is 34.7 Å². The van der Waals surface area contributed by atoms with Gasteiger partial charge in [-0.2, -0.15) is 0 Å². The summed E-state index contributed by atoms with van der Waals surface area (Å²) in [6.07, 6.45) is 0. The van der Waals surface area contributed by atoms with Gasteiger partial charge in [-0.3, -0.25) is 14.5 Å². The first-order chi connectivity index (χ1) is 17.2. The predicted molar refractivity (Wildman–Crippen MR) is 138 cm³/mol. The van der Waals surface area contributed by atoms with Crippen molar-refractivity contribution in [2.24, 2.45) is 0 Å². The smallest absolute Gasteiger partial charge is 0.300 e. The predicted octanol–water partition coefficient (Wildman–Crippen LogP) is 5.81. The van der Waals surface area contributed by atoms with Crippen LogP contribution in [0.25, 0.3) is 5.76 Å². The molecule has 1 aliphatic rings. The van der Waals surface area contributed by atoms with Crippen LogP contribution in [0.2, 0.25) is 5.02 Å². The number of aliphatic hydroxyl groups excluding tert-OH is 1. The van der Waals surface area contributed by atoms with Gasteiger partial charge in [0.25, 0.3) is 11.7 Å². The number of amides is 1. The number of carbonyl (C=O) groups is 2. The Kier molecular flexibility index (Phi) is 6.95. The Morgan fingerprint density at radius 2 is 1.64 bits per heavy atom. The summed E-state index contributed by atoms with van der Waals surface area (Å²) < 4.78 is 10.7. The van der Waals surface area contributed by atoms with E-state index in [-0.39, 0.29) is 33.8 Å². The molecule has 1 unspecified atom stereocenters. The number of hydrogen-bond acceptors (Lipinski definition) is 6. The number of para-hydroxylation sites is 1. The summed E-state index contributed by atoms with van der Waals surface area (Å²) in [6.45, 7) is 3.97. The first-order valence-electron chi connectivity index (χ1n) is 11.3. The number of aliphatic hydroxyl groups is 1. The van der Waals surface area contributed by atoms with Crippen LogP contribution >= 0.6 is 11.6 Å². The van der Waals surface area contributed by atoms with Gasteiger partial charge >= 0.3 is 0 Å². The van der Waals surface area contributed by atoms with Gasteiger partial charge in [0.15, 0.2) is 11.5 Å². The van der Waals surface area contributed by atoms with Gasteiger partial charge in [0.2, 0.25) is 0 Å². The zero-order valence-electron chi connectivity index (χ0n) is 20.3. The van der Waals surface area contributed by atoms with Gasteiger partial charge in [-0.1, -0.05) is 43.6 Å². The van der Waals surface area contributed by atoms with E-state index in [2.05, 4.69) is 0 Å². The summed E-state index contributed by atoms with van der Waals surface area (Å²) >= 11 is 6.27. The average molecular weight is 508 g/mol. The van der Waals surface area contributed by atoms with Crippen LogP contribution < -0.4 is 14.4 Å². The fourth-order valence-electron chi connectivity index (χ4n) is 4.40. The van der Waals surface area contributed by atoms with Gasteiger partial charge in [-0.25, -0.2) is 0 Å². The van der Waals surface area contributed by atoms with Crippen LogP contribution in [0.4, 0.5) is 5.69 Å². The summed E-state index contributed by atoms with van der Waals surface area (Å²) in [6, 6.07) is 15.7. The van der Waals surface area contributed by atoms with Crippen LogP contribution in [0.1, 0.15) is 42.5 Å². The van der Waals surface area contributed by atoms with Crippen LogP contribution in [-0.2, 0) is 9.59 Å². The number of methoxy groups -OCH3 is 2. The van der Waals surface area contributed by atoms with Crippen LogP contribution in [0, 0.1) is 0 Å². The summed E-state index contributed by atoms with van der Waals surface area (Å²) in [7, 11) is 2.93. The molecule has 0 saturated carbocycles. The fraction of sp³-hybridized carbons (Fsp3) is 0.214. The van der Waals surface area contributed by atoms with E-state index in [4.69, 9.17) is 21.1 Å². The maximum Gasteiger partial charge on any atom is 0.300 e. The summed E-state index contributed by atoms with van der Waals surface area (Å²) in [5.74, 6) is -1.43. The van der Waals surface area contributed by atoms with Crippen molar-refractivity contribution in [2.75, 3.05) is 19.1 Å². The molecule has 0 bridgehead atoms. The number of ether oxygens (including phenoxy) is 2. The molecule has 1 amide bonds. The van der Waals surface area contributed by atoms with E-state index < -0.39 is 17.7 Å². The number of carbonyl (C=O) groups excluding carboxylic acids is 2. The topological polar surface area (TPSA) is 96.3 Å². The maximum absolute atomic E-state index is 13.4. The van der Waals surface area contributed by atoms with E-state index in [1.54, 1.807) is 55.6 Å². The van der Waals surface area contributed by atoms with Gasteiger partial charge in [0, 0.05) is 11.3 Å². The van der Waals surface area contributed by atoms with Crippen molar-refractivity contribution in [2.45, 2.75) is 25.8 Å². The fourth-order valence-corrected chi connectivity index (χ4v) is 4.62. The molecule has 4 rings (SSSR count). The van der Waals surface area contributed by atoms with Crippen LogP contribution in [0.5, 0.6) is 17.2 Å². The molecule has 3 aromatic carbocycles. The molecule has 3 aromatic rings. The van der Waals surface area contributed by atoms with Gasteiger partial charge in [0.05, 0.1) is 30.9 Å². The number of nitrogens with zero attached hydrogens (tertiary/aromatic N) is 1.